The van der Waals surface area contributed by atoms with Gasteiger partial charge in [-0.1, -0.05) is 89.2 Å². The zero-order valence-corrected chi connectivity index (χ0v) is 23.7. The molecule has 4 aromatic carbocycles. The van der Waals surface area contributed by atoms with Crippen molar-refractivity contribution in [3.63, 3.8) is 0 Å². The van der Waals surface area contributed by atoms with Gasteiger partial charge in [0.2, 0.25) is 0 Å². The molecule has 194 valence electrons. The van der Waals surface area contributed by atoms with Gasteiger partial charge in [0.15, 0.2) is 17.0 Å². The van der Waals surface area contributed by atoms with Crippen LogP contribution in [-0.4, -0.2) is 18.0 Å². The second kappa shape index (κ2) is 12.0. The number of ether oxygens (including phenoxy) is 2. The van der Waals surface area contributed by atoms with Crippen molar-refractivity contribution >= 4 is 56.1 Å². The summed E-state index contributed by atoms with van der Waals surface area (Å²) in [7, 11) is 0. The van der Waals surface area contributed by atoms with E-state index in [0.29, 0.717) is 29.6 Å². The lowest BCUT2D eigenvalue weighted by atomic mass is 10.1. The molecule has 0 aromatic heterocycles. The highest BCUT2D eigenvalue weighted by atomic mass is 79.9. The first-order valence-corrected chi connectivity index (χ1v) is 14.3. The smallest absolute Gasteiger partial charge is 0.260 e. The topological polar surface area (TPSA) is 59.6 Å². The monoisotopic (exact) mass is 588 g/mol. The second-order valence-corrected chi connectivity index (χ2v) is 10.9. The van der Waals surface area contributed by atoms with E-state index in [1.54, 1.807) is 0 Å². The lowest BCUT2D eigenvalue weighted by molar-refractivity contribution is -0.116. The molecule has 38 heavy (non-hydrogen) atoms. The fourth-order valence-corrected chi connectivity index (χ4v) is 5.72. The highest BCUT2D eigenvalue weighted by Gasteiger charge is 2.27. The number of amides is 1. The van der Waals surface area contributed by atoms with Gasteiger partial charge in [0.1, 0.15) is 6.61 Å². The molecule has 4 aromatic rings. The number of nitrogens with one attached hydrogen (secondary N) is 2. The number of thioether (sulfide) groups is 1. The SMILES string of the molecule is CCOc1cc(/C=C2\S[C@H](Nc3ccc(CC)cc3)NC2=O)c(Br)cc1OCc1cccc2ccccc12. The summed E-state index contributed by atoms with van der Waals surface area (Å²) in [5.74, 6) is 1.17. The van der Waals surface area contributed by atoms with Crippen molar-refractivity contribution in [2.75, 3.05) is 11.9 Å². The van der Waals surface area contributed by atoms with Crippen LogP contribution in [0.25, 0.3) is 16.8 Å². The van der Waals surface area contributed by atoms with E-state index in [1.165, 1.54) is 28.1 Å². The Kier molecular flexibility index (Phi) is 8.25. The van der Waals surface area contributed by atoms with Crippen LogP contribution in [0.15, 0.2) is 88.2 Å². The molecular formula is C31H29BrN2O3S. The van der Waals surface area contributed by atoms with Gasteiger partial charge >= 0.3 is 0 Å². The third kappa shape index (κ3) is 6.00. The minimum absolute atomic E-state index is 0.112. The maximum absolute atomic E-state index is 12.7. The first-order chi connectivity index (χ1) is 18.5. The Morgan fingerprint density at radius 2 is 1.74 bits per heavy atom. The van der Waals surface area contributed by atoms with Crippen molar-refractivity contribution in [1.82, 2.24) is 5.32 Å². The van der Waals surface area contributed by atoms with Crippen molar-refractivity contribution in [2.24, 2.45) is 0 Å². The van der Waals surface area contributed by atoms with Crippen LogP contribution >= 0.6 is 27.7 Å². The average molecular weight is 590 g/mol. The second-order valence-electron chi connectivity index (χ2n) is 8.86. The molecule has 0 unspecified atom stereocenters. The van der Waals surface area contributed by atoms with Crippen LogP contribution in [-0.2, 0) is 17.8 Å². The van der Waals surface area contributed by atoms with Crippen molar-refractivity contribution in [1.29, 1.82) is 0 Å². The summed E-state index contributed by atoms with van der Waals surface area (Å²) in [6.45, 7) is 4.99. The van der Waals surface area contributed by atoms with E-state index in [-0.39, 0.29) is 11.4 Å². The van der Waals surface area contributed by atoms with Gasteiger partial charge in [-0.3, -0.25) is 4.79 Å². The Labute approximate surface area is 235 Å². The number of hydrogen-bond donors (Lipinski definition) is 2. The summed E-state index contributed by atoms with van der Waals surface area (Å²) in [5.41, 5.74) is 3.95. The first-order valence-electron chi connectivity index (χ1n) is 12.6. The van der Waals surface area contributed by atoms with Crippen molar-refractivity contribution in [3.8, 4) is 11.5 Å². The number of carbonyl (C=O) groups is 1. The van der Waals surface area contributed by atoms with E-state index in [2.05, 4.69) is 69.9 Å². The van der Waals surface area contributed by atoms with Crippen LogP contribution in [0.4, 0.5) is 5.69 Å². The van der Waals surface area contributed by atoms with E-state index >= 15 is 0 Å². The molecule has 1 heterocycles. The number of aryl methyl sites for hydroxylation is 1. The number of benzene rings is 4. The lowest BCUT2D eigenvalue weighted by Gasteiger charge is -2.15. The molecule has 0 saturated carbocycles. The molecular weight excluding hydrogens is 560 g/mol. The highest BCUT2D eigenvalue weighted by Crippen LogP contribution is 2.38. The number of fused-ring (bicyclic) bond motifs is 1. The van der Waals surface area contributed by atoms with Gasteiger partial charge in [-0.15, -0.1) is 0 Å². The molecule has 5 nitrogen and oxygen atoms in total. The fraction of sp³-hybridized carbons (Fsp3) is 0.194. The van der Waals surface area contributed by atoms with Crippen LogP contribution < -0.4 is 20.1 Å². The molecule has 1 saturated heterocycles. The van der Waals surface area contributed by atoms with Crippen LogP contribution in [0.3, 0.4) is 0 Å². The zero-order chi connectivity index (χ0) is 26.5. The van der Waals surface area contributed by atoms with Gasteiger partial charge in [0.25, 0.3) is 5.91 Å². The Morgan fingerprint density at radius 3 is 2.53 bits per heavy atom. The normalized spacial score (nSPS) is 16.0. The predicted molar refractivity (Wildman–Crippen MR) is 161 cm³/mol. The highest BCUT2D eigenvalue weighted by molar-refractivity contribution is 9.10. The molecule has 0 spiro atoms. The maximum atomic E-state index is 12.7. The van der Waals surface area contributed by atoms with Crippen LogP contribution in [0.2, 0.25) is 0 Å². The minimum Gasteiger partial charge on any atom is -0.490 e. The summed E-state index contributed by atoms with van der Waals surface area (Å²) < 4.78 is 13.0. The third-order valence-corrected chi connectivity index (χ3v) is 8.02. The molecule has 2 N–H and O–H groups in total. The van der Waals surface area contributed by atoms with Crippen molar-refractivity contribution in [3.05, 3.63) is 105 Å². The molecule has 1 aliphatic rings. The molecule has 1 atom stereocenters. The Bertz CT molecular complexity index is 1480. The summed E-state index contributed by atoms with van der Waals surface area (Å²) in [5, 5.41) is 8.72. The van der Waals surface area contributed by atoms with Gasteiger partial charge in [0, 0.05) is 10.2 Å². The van der Waals surface area contributed by atoms with Crippen molar-refractivity contribution < 1.29 is 14.3 Å². The quantitative estimate of drug-likeness (QED) is 0.196. The Hall–Kier alpha value is -3.42. The summed E-state index contributed by atoms with van der Waals surface area (Å²) in [6.07, 6.45) is 2.87. The minimum atomic E-state index is -0.241. The Morgan fingerprint density at radius 1 is 0.974 bits per heavy atom. The Balaban J connectivity index is 1.33. The van der Waals surface area contributed by atoms with E-state index in [9.17, 15) is 4.79 Å². The van der Waals surface area contributed by atoms with Gasteiger partial charge in [-0.25, -0.2) is 0 Å². The van der Waals surface area contributed by atoms with E-state index < -0.39 is 0 Å². The summed E-state index contributed by atoms with van der Waals surface area (Å²) in [6, 6.07) is 26.6. The molecule has 7 heteroatoms. The molecule has 1 amide bonds. The molecule has 0 aliphatic carbocycles. The fourth-order valence-electron chi connectivity index (χ4n) is 4.31. The predicted octanol–water partition coefficient (Wildman–Crippen LogP) is 7.74. The number of carbonyl (C=O) groups excluding carboxylic acids is 1. The number of anilines is 1. The van der Waals surface area contributed by atoms with E-state index in [4.69, 9.17) is 9.47 Å². The summed E-state index contributed by atoms with van der Waals surface area (Å²) >= 11 is 5.13. The third-order valence-electron chi connectivity index (χ3n) is 6.30. The van der Waals surface area contributed by atoms with Gasteiger partial charge in [-0.2, -0.15) is 0 Å². The number of hydrogen-bond acceptors (Lipinski definition) is 5. The molecule has 1 fully saturated rings. The largest absolute Gasteiger partial charge is 0.490 e. The molecule has 0 radical (unpaired) electrons. The standard InChI is InChI=1S/C31H29BrN2O3S/c1-3-20-12-14-24(15-13-20)33-31-34-30(35)29(38-31)17-23-16-27(36-4-2)28(18-26(23)32)37-19-22-10-7-9-21-8-5-6-11-25(21)22/h5-18,31,33H,3-4,19H2,1-2H3,(H,34,35)/b29-17-/t31-/m1/s1. The lowest BCUT2D eigenvalue weighted by Crippen LogP contribution is -2.30. The summed E-state index contributed by atoms with van der Waals surface area (Å²) in [4.78, 5) is 13.3. The number of halogens is 1. The van der Waals surface area contributed by atoms with E-state index in [0.717, 1.165) is 27.7 Å². The van der Waals surface area contributed by atoms with Crippen molar-refractivity contribution in [2.45, 2.75) is 32.4 Å². The molecule has 5 rings (SSSR count). The van der Waals surface area contributed by atoms with E-state index in [1.807, 2.05) is 55.5 Å². The van der Waals surface area contributed by atoms with Gasteiger partial charge in [0.05, 0.1) is 11.5 Å². The first kappa shape index (κ1) is 26.2. The molecule has 0 bridgehead atoms. The maximum Gasteiger partial charge on any atom is 0.260 e. The molecule has 1 aliphatic heterocycles. The van der Waals surface area contributed by atoms with Crippen LogP contribution in [0.1, 0.15) is 30.5 Å². The number of rotatable bonds is 9. The zero-order valence-electron chi connectivity index (χ0n) is 21.3. The van der Waals surface area contributed by atoms with Crippen LogP contribution in [0.5, 0.6) is 11.5 Å². The van der Waals surface area contributed by atoms with Crippen LogP contribution in [0, 0.1) is 0 Å². The van der Waals surface area contributed by atoms with Gasteiger partial charge in [-0.05, 0) is 71.1 Å². The van der Waals surface area contributed by atoms with Gasteiger partial charge < -0.3 is 20.1 Å². The average Bonchev–Trinajstić information content (AvgIpc) is 3.28.